The highest BCUT2D eigenvalue weighted by Crippen LogP contribution is 2.38. The van der Waals surface area contributed by atoms with Gasteiger partial charge in [0.05, 0.1) is 7.11 Å². The fraction of sp³-hybridized carbons (Fsp3) is 0.379. The number of oxazole rings is 1. The zero-order valence-corrected chi connectivity index (χ0v) is 23.8. The van der Waals surface area contributed by atoms with E-state index in [4.69, 9.17) is 9.15 Å². The number of alkyl halides is 3. The van der Waals surface area contributed by atoms with Gasteiger partial charge in [0, 0.05) is 35.1 Å². The molecule has 0 unspecified atom stereocenters. The van der Waals surface area contributed by atoms with Crippen LogP contribution in [0.3, 0.4) is 0 Å². The third kappa shape index (κ3) is 8.18. The fourth-order valence-electron chi connectivity index (χ4n) is 4.84. The number of amides is 2. The van der Waals surface area contributed by atoms with Gasteiger partial charge < -0.3 is 19.8 Å². The Kier molecular flexibility index (Phi) is 9.85. The van der Waals surface area contributed by atoms with E-state index in [-0.39, 0.29) is 30.4 Å². The molecule has 2 amide bonds. The lowest BCUT2D eigenvalue weighted by molar-refractivity contribution is -0.153. The molecule has 1 aliphatic rings. The normalized spacial score (nSPS) is 17.1. The number of esters is 1. The van der Waals surface area contributed by atoms with Crippen molar-refractivity contribution < 1.29 is 36.7 Å². The number of anilines is 1. The molecule has 8 nitrogen and oxygen atoms in total. The maximum Gasteiger partial charge on any atom is 0.452 e. The molecule has 1 fully saturated rings. The number of halogens is 4. The quantitative estimate of drug-likeness (QED) is 0.253. The molecule has 3 aromatic rings. The molecule has 0 saturated heterocycles. The number of nitrogens with zero attached hydrogens (tertiary/aromatic N) is 1. The van der Waals surface area contributed by atoms with Gasteiger partial charge in [-0.1, -0.05) is 28.1 Å². The van der Waals surface area contributed by atoms with Crippen molar-refractivity contribution in [3.8, 4) is 11.5 Å². The third-order valence-electron chi connectivity index (χ3n) is 7.02. The highest BCUT2D eigenvalue weighted by Gasteiger charge is 2.42. The summed E-state index contributed by atoms with van der Waals surface area (Å²) < 4.78 is 50.9. The summed E-state index contributed by atoms with van der Waals surface area (Å²) in [6.45, 7) is -0.199. The van der Waals surface area contributed by atoms with Crippen LogP contribution in [0.5, 0.6) is 0 Å². The lowest BCUT2D eigenvalue weighted by atomic mass is 9.77. The van der Waals surface area contributed by atoms with Crippen LogP contribution >= 0.6 is 15.9 Å². The number of hydrogen-bond donors (Lipinski definition) is 2. The smallest absolute Gasteiger partial charge is 0.452 e. The summed E-state index contributed by atoms with van der Waals surface area (Å²) in [6.07, 6.45) is -0.791. The number of carbonyl (C=O) groups is 3. The molecule has 41 heavy (non-hydrogen) atoms. The van der Waals surface area contributed by atoms with Crippen LogP contribution in [0.25, 0.3) is 11.5 Å². The molecule has 218 valence electrons. The molecule has 1 aromatic heterocycles. The first-order valence-corrected chi connectivity index (χ1v) is 13.9. The average molecular weight is 636 g/mol. The summed E-state index contributed by atoms with van der Waals surface area (Å²) in [5.41, 5.74) is 1.10. The van der Waals surface area contributed by atoms with Crippen LogP contribution in [0, 0.1) is 5.92 Å². The van der Waals surface area contributed by atoms with Crippen molar-refractivity contribution in [2.24, 2.45) is 5.92 Å². The minimum atomic E-state index is -4.93. The van der Waals surface area contributed by atoms with E-state index in [0.717, 1.165) is 31.2 Å². The SMILES string of the molecule is COC(=O)C[C@H]1CC[C@H](c2ccc(NC(=O)CCNC(=O)c3nc(-c4ccc(Br)cc4)oc3C(F)(F)F)cc2)CC1. The van der Waals surface area contributed by atoms with E-state index in [2.05, 4.69) is 31.5 Å². The van der Waals surface area contributed by atoms with Gasteiger partial charge in [-0.3, -0.25) is 14.4 Å². The molecule has 1 saturated carbocycles. The van der Waals surface area contributed by atoms with Crippen molar-refractivity contribution >= 4 is 39.4 Å². The van der Waals surface area contributed by atoms with E-state index in [1.54, 1.807) is 24.3 Å². The van der Waals surface area contributed by atoms with Gasteiger partial charge in [-0.2, -0.15) is 13.2 Å². The van der Waals surface area contributed by atoms with Crippen LogP contribution in [-0.4, -0.2) is 36.4 Å². The summed E-state index contributed by atoms with van der Waals surface area (Å²) in [5, 5.41) is 5.04. The first-order chi connectivity index (χ1) is 19.5. The molecule has 1 heterocycles. The van der Waals surface area contributed by atoms with Crippen molar-refractivity contribution in [3.63, 3.8) is 0 Å². The minimum Gasteiger partial charge on any atom is -0.469 e. The Labute approximate surface area is 243 Å². The Morgan fingerprint density at radius 3 is 2.29 bits per heavy atom. The summed E-state index contributed by atoms with van der Waals surface area (Å²) in [4.78, 5) is 40.2. The number of rotatable bonds is 9. The Balaban J connectivity index is 1.27. The number of benzene rings is 2. The molecule has 0 spiro atoms. The average Bonchev–Trinajstić information content (AvgIpc) is 3.41. The molecular weight excluding hydrogens is 607 g/mol. The highest BCUT2D eigenvalue weighted by molar-refractivity contribution is 9.10. The van der Waals surface area contributed by atoms with Crippen LogP contribution in [0.1, 0.15) is 66.3 Å². The first-order valence-electron chi connectivity index (χ1n) is 13.1. The largest absolute Gasteiger partial charge is 0.469 e. The number of carbonyl (C=O) groups excluding carboxylic acids is 3. The Bertz CT molecular complexity index is 1370. The predicted octanol–water partition coefficient (Wildman–Crippen LogP) is 6.72. The molecule has 4 rings (SSSR count). The van der Waals surface area contributed by atoms with Gasteiger partial charge in [0.2, 0.25) is 17.6 Å². The van der Waals surface area contributed by atoms with Gasteiger partial charge in [-0.25, -0.2) is 4.98 Å². The Morgan fingerprint density at radius 1 is 1.02 bits per heavy atom. The van der Waals surface area contributed by atoms with Crippen molar-refractivity contribution in [1.82, 2.24) is 10.3 Å². The molecule has 2 aromatic carbocycles. The minimum absolute atomic E-state index is 0.156. The second-order valence-corrected chi connectivity index (χ2v) is 10.8. The Morgan fingerprint density at radius 2 is 1.68 bits per heavy atom. The second kappa shape index (κ2) is 13.3. The van der Waals surface area contributed by atoms with E-state index >= 15 is 0 Å². The van der Waals surface area contributed by atoms with E-state index in [1.165, 1.54) is 19.2 Å². The number of aromatic nitrogens is 1. The van der Waals surface area contributed by atoms with Gasteiger partial charge in [-0.15, -0.1) is 0 Å². The maximum absolute atomic E-state index is 13.5. The third-order valence-corrected chi connectivity index (χ3v) is 7.55. The zero-order chi connectivity index (χ0) is 29.6. The molecule has 0 bridgehead atoms. The number of ether oxygens (including phenoxy) is 1. The summed E-state index contributed by atoms with van der Waals surface area (Å²) in [7, 11) is 1.40. The van der Waals surface area contributed by atoms with Crippen molar-refractivity contribution in [3.05, 3.63) is 70.0 Å². The van der Waals surface area contributed by atoms with Crippen LogP contribution in [0.2, 0.25) is 0 Å². The lowest BCUT2D eigenvalue weighted by Crippen LogP contribution is -2.29. The monoisotopic (exact) mass is 635 g/mol. The number of nitrogens with one attached hydrogen (secondary N) is 2. The summed E-state index contributed by atoms with van der Waals surface area (Å²) >= 11 is 3.24. The summed E-state index contributed by atoms with van der Waals surface area (Å²) in [5.74, 6) is -2.80. The van der Waals surface area contributed by atoms with E-state index in [9.17, 15) is 27.6 Å². The number of methoxy groups -OCH3 is 1. The maximum atomic E-state index is 13.5. The van der Waals surface area contributed by atoms with Crippen molar-refractivity contribution in [2.45, 2.75) is 50.6 Å². The Hall–Kier alpha value is -3.67. The molecule has 1 aliphatic carbocycles. The first kappa shape index (κ1) is 30.3. The van der Waals surface area contributed by atoms with Gasteiger partial charge in [0.15, 0.2) is 5.69 Å². The molecule has 2 N–H and O–H groups in total. The number of hydrogen-bond acceptors (Lipinski definition) is 6. The van der Waals surface area contributed by atoms with E-state index in [1.807, 2.05) is 12.1 Å². The molecule has 0 radical (unpaired) electrons. The van der Waals surface area contributed by atoms with Crippen LogP contribution in [-0.2, 0) is 20.5 Å². The molecule has 12 heteroatoms. The molecule has 0 atom stereocenters. The van der Waals surface area contributed by atoms with Gasteiger partial charge in [0.1, 0.15) is 0 Å². The molecule has 0 aliphatic heterocycles. The highest BCUT2D eigenvalue weighted by atomic mass is 79.9. The fourth-order valence-corrected chi connectivity index (χ4v) is 5.10. The summed E-state index contributed by atoms with van der Waals surface area (Å²) in [6, 6.07) is 13.7. The van der Waals surface area contributed by atoms with E-state index in [0.29, 0.717) is 28.4 Å². The topological polar surface area (TPSA) is 111 Å². The predicted molar refractivity (Wildman–Crippen MR) is 148 cm³/mol. The molecular formula is C29H29BrF3N3O5. The van der Waals surface area contributed by atoms with Gasteiger partial charge >= 0.3 is 12.1 Å². The van der Waals surface area contributed by atoms with Crippen molar-refractivity contribution in [1.29, 1.82) is 0 Å². The van der Waals surface area contributed by atoms with Crippen molar-refractivity contribution in [2.75, 3.05) is 19.0 Å². The van der Waals surface area contributed by atoms with Crippen LogP contribution in [0.15, 0.2) is 57.4 Å². The van der Waals surface area contributed by atoms with Gasteiger partial charge in [-0.05, 0) is 79.5 Å². The second-order valence-electron chi connectivity index (χ2n) is 9.88. The lowest BCUT2D eigenvalue weighted by Gasteiger charge is -2.28. The zero-order valence-electron chi connectivity index (χ0n) is 22.2. The van der Waals surface area contributed by atoms with Crippen LogP contribution in [0.4, 0.5) is 18.9 Å². The standard InChI is InChI=1S/C29H29BrF3N3O5/c1-40-24(38)16-17-2-4-18(5-3-17)19-8-12-22(13-9-19)35-23(37)14-15-34-27(39)25-26(29(31,32)33)41-28(36-25)20-6-10-21(30)11-7-20/h6-13,17-18H,2-5,14-16H2,1H3,(H,34,39)(H,35,37)/t17-,18-. The van der Waals surface area contributed by atoms with Gasteiger partial charge in [0.25, 0.3) is 5.91 Å². The van der Waals surface area contributed by atoms with E-state index < -0.39 is 29.4 Å². The van der Waals surface area contributed by atoms with Crippen LogP contribution < -0.4 is 10.6 Å².